The second-order valence-electron chi connectivity index (χ2n) is 10.5. The zero-order valence-corrected chi connectivity index (χ0v) is 21.6. The van der Waals surface area contributed by atoms with Crippen LogP contribution < -0.4 is 10.9 Å². The van der Waals surface area contributed by atoms with Crippen LogP contribution in [0.3, 0.4) is 0 Å². The Hall–Kier alpha value is -3.56. The molecular formula is C29H34N6O3. The Morgan fingerprint density at radius 2 is 1.84 bits per heavy atom. The van der Waals surface area contributed by atoms with Gasteiger partial charge in [-0.1, -0.05) is 24.3 Å². The van der Waals surface area contributed by atoms with Gasteiger partial charge < -0.3 is 10.1 Å². The summed E-state index contributed by atoms with van der Waals surface area (Å²) in [6.07, 6.45) is 9.36. The fourth-order valence-electron chi connectivity index (χ4n) is 5.90. The highest BCUT2D eigenvalue weighted by molar-refractivity contribution is 6.00. The number of aromatic amines is 1. The Bertz CT molecular complexity index is 1480. The summed E-state index contributed by atoms with van der Waals surface area (Å²) >= 11 is 0. The van der Waals surface area contributed by atoms with E-state index in [1.165, 1.54) is 5.56 Å². The van der Waals surface area contributed by atoms with Crippen molar-refractivity contribution in [1.29, 1.82) is 0 Å². The number of nitrogens with one attached hydrogen (secondary N) is 2. The lowest BCUT2D eigenvalue weighted by molar-refractivity contribution is 0.0374. The van der Waals surface area contributed by atoms with Gasteiger partial charge in [0, 0.05) is 36.6 Å². The number of ether oxygens (including phenoxy) is 1. The largest absolute Gasteiger partial charge is 0.379 e. The first-order chi connectivity index (χ1) is 18.7. The van der Waals surface area contributed by atoms with Crippen LogP contribution in [0.25, 0.3) is 16.3 Å². The lowest BCUT2D eigenvalue weighted by atomic mass is 9.82. The standard InChI is InChI=1S/C29H34N6O3/c36-28(25-18-30-35-19-20(7-12-26(25)35)4-3-13-34-14-16-38-17-15-34)31-22-10-8-21(9-11-22)27-23-5-1-2-6-24(23)29(37)33-32-27/h1-2,5-7,12,18-19,21-22H,3-4,8-11,13-17H2,(H,31,36)(H,33,37)/t21-,22-. The molecule has 0 spiro atoms. The molecule has 2 fully saturated rings. The van der Waals surface area contributed by atoms with Gasteiger partial charge in [-0.25, -0.2) is 9.61 Å². The maximum atomic E-state index is 13.2. The average molecular weight is 515 g/mol. The minimum atomic E-state index is -0.154. The second kappa shape index (κ2) is 11.0. The Labute approximate surface area is 221 Å². The zero-order valence-electron chi connectivity index (χ0n) is 21.6. The number of nitrogens with zero attached hydrogens (tertiary/aromatic N) is 4. The molecule has 3 aromatic heterocycles. The van der Waals surface area contributed by atoms with Gasteiger partial charge in [-0.3, -0.25) is 14.5 Å². The molecule has 6 rings (SSSR count). The highest BCUT2D eigenvalue weighted by Gasteiger charge is 2.27. The number of benzene rings is 1. The molecule has 9 heteroatoms. The van der Waals surface area contributed by atoms with Crippen molar-refractivity contribution in [1.82, 2.24) is 30.0 Å². The SMILES string of the molecule is O=C(N[C@H]1CC[C@H](c2n[nH]c(=O)c3ccccc32)CC1)c1cnn2cc(CCCN3CCOCC3)ccc12. The number of rotatable bonds is 7. The zero-order chi connectivity index (χ0) is 25.9. The van der Waals surface area contributed by atoms with Crippen LogP contribution in [0.4, 0.5) is 0 Å². The molecule has 0 atom stereocenters. The third-order valence-corrected chi connectivity index (χ3v) is 8.04. The summed E-state index contributed by atoms with van der Waals surface area (Å²) < 4.78 is 7.25. The van der Waals surface area contributed by atoms with E-state index in [2.05, 4.69) is 31.6 Å². The number of aromatic nitrogens is 4. The normalized spacial score (nSPS) is 20.6. The second-order valence-corrected chi connectivity index (χ2v) is 10.5. The van der Waals surface area contributed by atoms with Gasteiger partial charge in [-0.2, -0.15) is 10.2 Å². The van der Waals surface area contributed by atoms with Gasteiger partial charge in [0.2, 0.25) is 0 Å². The summed E-state index contributed by atoms with van der Waals surface area (Å²) in [7, 11) is 0. The molecule has 4 heterocycles. The molecule has 198 valence electrons. The van der Waals surface area contributed by atoms with E-state index in [-0.39, 0.29) is 23.4 Å². The van der Waals surface area contributed by atoms with E-state index in [0.717, 1.165) is 88.0 Å². The maximum Gasteiger partial charge on any atom is 0.272 e. The molecule has 1 saturated heterocycles. The van der Waals surface area contributed by atoms with E-state index < -0.39 is 0 Å². The van der Waals surface area contributed by atoms with Crippen molar-refractivity contribution in [2.45, 2.75) is 50.5 Å². The molecule has 1 aliphatic carbocycles. The number of carbonyl (C=O) groups is 1. The molecule has 2 N–H and O–H groups in total. The summed E-state index contributed by atoms with van der Waals surface area (Å²) in [5.74, 6) is 0.194. The number of hydrogen-bond donors (Lipinski definition) is 2. The Morgan fingerprint density at radius 3 is 2.66 bits per heavy atom. The third-order valence-electron chi connectivity index (χ3n) is 8.04. The first-order valence-electron chi connectivity index (χ1n) is 13.7. The molecule has 9 nitrogen and oxygen atoms in total. The van der Waals surface area contributed by atoms with E-state index in [4.69, 9.17) is 4.74 Å². The van der Waals surface area contributed by atoms with Gasteiger partial charge >= 0.3 is 0 Å². The number of aryl methyl sites for hydroxylation is 1. The number of H-pyrrole nitrogens is 1. The highest BCUT2D eigenvalue weighted by atomic mass is 16.5. The van der Waals surface area contributed by atoms with Crippen molar-refractivity contribution in [2.75, 3.05) is 32.8 Å². The van der Waals surface area contributed by atoms with Crippen molar-refractivity contribution >= 4 is 22.2 Å². The van der Waals surface area contributed by atoms with Crippen molar-refractivity contribution in [3.8, 4) is 0 Å². The van der Waals surface area contributed by atoms with Crippen LogP contribution in [0.2, 0.25) is 0 Å². The predicted molar refractivity (Wildman–Crippen MR) is 146 cm³/mol. The lowest BCUT2D eigenvalue weighted by Gasteiger charge is -2.29. The fraction of sp³-hybridized carbons (Fsp3) is 0.448. The van der Waals surface area contributed by atoms with Crippen LogP contribution in [0.15, 0.2) is 53.6 Å². The van der Waals surface area contributed by atoms with E-state index >= 15 is 0 Å². The van der Waals surface area contributed by atoms with E-state index in [0.29, 0.717) is 10.9 Å². The first kappa shape index (κ1) is 24.8. The van der Waals surface area contributed by atoms with Crippen LogP contribution >= 0.6 is 0 Å². The molecule has 4 aromatic rings. The van der Waals surface area contributed by atoms with Gasteiger partial charge in [0.15, 0.2) is 0 Å². The van der Waals surface area contributed by atoms with Gasteiger partial charge in [0.25, 0.3) is 11.5 Å². The average Bonchev–Trinajstić information content (AvgIpc) is 3.38. The number of hydrogen-bond acceptors (Lipinski definition) is 6. The number of amides is 1. The summed E-state index contributed by atoms with van der Waals surface area (Å²) in [6, 6.07) is 11.9. The van der Waals surface area contributed by atoms with Crippen molar-refractivity contribution < 1.29 is 9.53 Å². The number of fused-ring (bicyclic) bond motifs is 2. The number of morpholine rings is 1. The van der Waals surface area contributed by atoms with Gasteiger partial charge in [0.1, 0.15) is 0 Å². The molecule has 38 heavy (non-hydrogen) atoms. The quantitative estimate of drug-likeness (QED) is 0.392. The smallest absolute Gasteiger partial charge is 0.272 e. The third kappa shape index (κ3) is 5.21. The minimum Gasteiger partial charge on any atom is -0.379 e. The Kier molecular flexibility index (Phi) is 7.20. The minimum absolute atomic E-state index is 0.0730. The number of pyridine rings is 1. The van der Waals surface area contributed by atoms with Crippen LogP contribution in [0, 0.1) is 0 Å². The molecule has 2 aliphatic rings. The molecular weight excluding hydrogens is 480 g/mol. The van der Waals surface area contributed by atoms with Crippen LogP contribution in [0.1, 0.15) is 59.6 Å². The summed E-state index contributed by atoms with van der Waals surface area (Å²) in [4.78, 5) is 27.7. The van der Waals surface area contributed by atoms with Crippen molar-refractivity contribution in [2.24, 2.45) is 0 Å². The predicted octanol–water partition coefficient (Wildman–Crippen LogP) is 3.29. The van der Waals surface area contributed by atoms with Crippen LogP contribution in [-0.4, -0.2) is 69.5 Å². The summed E-state index contributed by atoms with van der Waals surface area (Å²) in [6.45, 7) is 4.76. The van der Waals surface area contributed by atoms with E-state index in [9.17, 15) is 9.59 Å². The highest BCUT2D eigenvalue weighted by Crippen LogP contribution is 2.34. The maximum absolute atomic E-state index is 13.2. The Morgan fingerprint density at radius 1 is 1.05 bits per heavy atom. The fourth-order valence-corrected chi connectivity index (χ4v) is 5.90. The van der Waals surface area contributed by atoms with Gasteiger partial charge in [-0.05, 0) is 62.8 Å². The van der Waals surface area contributed by atoms with E-state index in [1.54, 1.807) is 6.20 Å². The molecule has 1 amide bonds. The molecule has 1 aliphatic heterocycles. The van der Waals surface area contributed by atoms with Crippen LogP contribution in [0.5, 0.6) is 0 Å². The number of carbonyl (C=O) groups excluding carboxylic acids is 1. The lowest BCUT2D eigenvalue weighted by Crippen LogP contribution is -2.37. The molecule has 0 radical (unpaired) electrons. The summed E-state index contributed by atoms with van der Waals surface area (Å²) in [5, 5.41) is 16.4. The summed E-state index contributed by atoms with van der Waals surface area (Å²) in [5.41, 5.74) is 3.46. The van der Waals surface area contributed by atoms with Gasteiger partial charge in [-0.15, -0.1) is 0 Å². The Balaban J connectivity index is 1.05. The van der Waals surface area contributed by atoms with Gasteiger partial charge in [0.05, 0.1) is 41.6 Å². The van der Waals surface area contributed by atoms with Crippen LogP contribution in [-0.2, 0) is 11.2 Å². The van der Waals surface area contributed by atoms with Crippen molar-refractivity contribution in [3.05, 3.63) is 76.0 Å². The molecule has 1 aromatic carbocycles. The molecule has 1 saturated carbocycles. The van der Waals surface area contributed by atoms with Crippen molar-refractivity contribution in [3.63, 3.8) is 0 Å². The molecule has 0 bridgehead atoms. The molecule has 0 unspecified atom stereocenters. The first-order valence-corrected chi connectivity index (χ1v) is 13.7. The topological polar surface area (TPSA) is 105 Å². The monoisotopic (exact) mass is 514 g/mol. The van der Waals surface area contributed by atoms with E-state index in [1.807, 2.05) is 41.0 Å².